The van der Waals surface area contributed by atoms with Gasteiger partial charge in [-0.2, -0.15) is 0 Å². The number of hydrogen-bond acceptors (Lipinski definition) is 6. The molecule has 0 saturated heterocycles. The lowest BCUT2D eigenvalue weighted by Crippen LogP contribution is -2.36. The molecule has 0 aliphatic heterocycles. The lowest BCUT2D eigenvalue weighted by molar-refractivity contribution is -0.386. The summed E-state index contributed by atoms with van der Waals surface area (Å²) in [5.41, 5.74) is -1.82. The van der Waals surface area contributed by atoms with Crippen molar-refractivity contribution in [1.29, 1.82) is 0 Å². The van der Waals surface area contributed by atoms with Crippen LogP contribution in [-0.2, 0) is 0 Å². The average molecular weight is 243 g/mol. The Balaban J connectivity index is 2.89. The van der Waals surface area contributed by atoms with Crippen LogP contribution in [0.2, 0.25) is 0 Å². The van der Waals surface area contributed by atoms with Gasteiger partial charge in [-0.1, -0.05) is 0 Å². The van der Waals surface area contributed by atoms with Crippen molar-refractivity contribution in [2.45, 2.75) is 12.5 Å². The Hall–Kier alpha value is -1.86. The van der Waals surface area contributed by atoms with Gasteiger partial charge in [0.25, 0.3) is 0 Å². The maximum atomic E-state index is 10.7. The van der Waals surface area contributed by atoms with Crippen molar-refractivity contribution in [3.8, 4) is 11.5 Å². The minimum absolute atomic E-state index is 0.163. The van der Waals surface area contributed by atoms with Gasteiger partial charge in [-0.05, 0) is 13.0 Å². The predicted molar refractivity (Wildman–Crippen MR) is 58.0 cm³/mol. The van der Waals surface area contributed by atoms with Crippen molar-refractivity contribution in [3.63, 3.8) is 0 Å². The number of nitro groups is 1. The van der Waals surface area contributed by atoms with Gasteiger partial charge in [0.1, 0.15) is 18.0 Å². The highest BCUT2D eigenvalue weighted by atomic mass is 16.6. The van der Waals surface area contributed by atoms with E-state index in [0.717, 1.165) is 18.2 Å². The van der Waals surface area contributed by atoms with Crippen LogP contribution in [0.15, 0.2) is 18.2 Å². The molecule has 1 atom stereocenters. The molecule has 0 amide bonds. The molecule has 1 aromatic carbocycles. The summed E-state index contributed by atoms with van der Waals surface area (Å²) in [6, 6.07) is 3.33. The summed E-state index contributed by atoms with van der Waals surface area (Å²) in [5.74, 6) is -0.349. The third-order valence-electron chi connectivity index (χ3n) is 2.02. The maximum absolute atomic E-state index is 10.7. The van der Waals surface area contributed by atoms with Crippen LogP contribution < -0.4 is 4.74 Å². The molecule has 3 N–H and O–H groups in total. The number of rotatable bonds is 5. The highest BCUT2D eigenvalue weighted by Crippen LogP contribution is 2.30. The number of phenols is 1. The van der Waals surface area contributed by atoms with E-state index in [4.69, 9.17) is 9.84 Å². The van der Waals surface area contributed by atoms with Crippen molar-refractivity contribution in [2.75, 3.05) is 13.2 Å². The molecule has 0 bridgehead atoms. The number of aliphatic hydroxyl groups excluding tert-OH is 1. The third-order valence-corrected chi connectivity index (χ3v) is 2.02. The Morgan fingerprint density at radius 2 is 2.18 bits per heavy atom. The Morgan fingerprint density at radius 3 is 2.71 bits per heavy atom. The fourth-order valence-electron chi connectivity index (χ4n) is 1.05. The summed E-state index contributed by atoms with van der Waals surface area (Å²) in [5, 5.41) is 38.1. The van der Waals surface area contributed by atoms with Gasteiger partial charge >= 0.3 is 5.69 Å². The zero-order valence-electron chi connectivity index (χ0n) is 9.16. The second-order valence-corrected chi connectivity index (χ2v) is 3.85. The zero-order valence-corrected chi connectivity index (χ0v) is 9.16. The Morgan fingerprint density at radius 1 is 1.53 bits per heavy atom. The molecule has 0 aromatic heterocycles. The number of hydrogen-bond donors (Lipinski definition) is 3. The van der Waals surface area contributed by atoms with Crippen molar-refractivity contribution in [3.05, 3.63) is 28.3 Å². The van der Waals surface area contributed by atoms with Crippen LogP contribution in [0.4, 0.5) is 5.69 Å². The summed E-state index contributed by atoms with van der Waals surface area (Å²) in [7, 11) is 0. The summed E-state index contributed by atoms with van der Waals surface area (Å²) >= 11 is 0. The van der Waals surface area contributed by atoms with Crippen molar-refractivity contribution in [2.24, 2.45) is 0 Å². The van der Waals surface area contributed by atoms with E-state index >= 15 is 0 Å². The number of ether oxygens (including phenoxy) is 1. The largest absolute Gasteiger partial charge is 0.508 e. The standard InChI is InChI=1S/C10H13NO6/c1-10(14,5-12)6-17-9-4-7(13)2-3-8(9)11(15)16/h2-4,12-14H,5-6H2,1H3. The zero-order chi connectivity index (χ0) is 13.1. The lowest BCUT2D eigenvalue weighted by Gasteiger charge is -2.20. The average Bonchev–Trinajstić information content (AvgIpc) is 2.26. The second kappa shape index (κ2) is 4.98. The van der Waals surface area contributed by atoms with Crippen LogP contribution in [0.25, 0.3) is 0 Å². The van der Waals surface area contributed by atoms with E-state index in [1.807, 2.05) is 0 Å². The van der Waals surface area contributed by atoms with Gasteiger partial charge in [0, 0.05) is 12.1 Å². The molecular weight excluding hydrogens is 230 g/mol. The Labute approximate surface area is 97.0 Å². The van der Waals surface area contributed by atoms with Crippen LogP contribution in [0, 0.1) is 10.1 Å². The molecule has 1 unspecified atom stereocenters. The van der Waals surface area contributed by atoms with Crippen molar-refractivity contribution >= 4 is 5.69 Å². The molecular formula is C10H13NO6. The topological polar surface area (TPSA) is 113 Å². The van der Waals surface area contributed by atoms with Gasteiger partial charge in [-0.25, -0.2) is 0 Å². The molecule has 7 nitrogen and oxygen atoms in total. The van der Waals surface area contributed by atoms with E-state index in [2.05, 4.69) is 0 Å². The first-order valence-corrected chi connectivity index (χ1v) is 4.79. The molecule has 7 heteroatoms. The fourth-order valence-corrected chi connectivity index (χ4v) is 1.05. The first-order valence-electron chi connectivity index (χ1n) is 4.79. The molecule has 0 heterocycles. The van der Waals surface area contributed by atoms with E-state index < -0.39 is 17.1 Å². The van der Waals surface area contributed by atoms with E-state index in [1.165, 1.54) is 6.92 Å². The van der Waals surface area contributed by atoms with Crippen molar-refractivity contribution < 1.29 is 25.0 Å². The fraction of sp³-hybridized carbons (Fsp3) is 0.400. The molecule has 1 aromatic rings. The van der Waals surface area contributed by atoms with E-state index in [1.54, 1.807) is 0 Å². The van der Waals surface area contributed by atoms with Gasteiger partial charge in [0.2, 0.25) is 5.75 Å². The van der Waals surface area contributed by atoms with E-state index in [9.17, 15) is 20.3 Å². The number of phenolic OH excluding ortho intramolecular Hbond substituents is 1. The van der Waals surface area contributed by atoms with Crippen molar-refractivity contribution in [1.82, 2.24) is 0 Å². The summed E-state index contributed by atoms with van der Waals surface area (Å²) < 4.78 is 5.02. The first kappa shape index (κ1) is 13.2. The number of benzene rings is 1. The SMILES string of the molecule is CC(O)(CO)COc1cc(O)ccc1[N+](=O)[O-]. The molecule has 0 fully saturated rings. The van der Waals surface area contributed by atoms with E-state index in [0.29, 0.717) is 0 Å². The summed E-state index contributed by atoms with van der Waals surface area (Å²) in [6.07, 6.45) is 0. The highest BCUT2D eigenvalue weighted by molar-refractivity contribution is 5.50. The van der Waals surface area contributed by atoms with Crippen LogP contribution in [-0.4, -0.2) is 39.1 Å². The molecule has 17 heavy (non-hydrogen) atoms. The Kier molecular flexibility index (Phi) is 3.87. The Bertz CT molecular complexity index is 417. The predicted octanol–water partition coefficient (Wildman–Crippen LogP) is 0.422. The van der Waals surface area contributed by atoms with Crippen LogP contribution >= 0.6 is 0 Å². The lowest BCUT2D eigenvalue weighted by atomic mass is 10.1. The molecule has 0 aliphatic carbocycles. The van der Waals surface area contributed by atoms with Crippen LogP contribution in [0.3, 0.4) is 0 Å². The van der Waals surface area contributed by atoms with Gasteiger partial charge in [0.05, 0.1) is 11.5 Å². The van der Waals surface area contributed by atoms with Gasteiger partial charge < -0.3 is 20.1 Å². The molecule has 0 saturated carbocycles. The minimum atomic E-state index is -1.50. The van der Waals surface area contributed by atoms with Gasteiger partial charge in [0.15, 0.2) is 0 Å². The molecule has 1 rings (SSSR count). The molecule has 0 radical (unpaired) electrons. The normalized spacial score (nSPS) is 14.1. The smallest absolute Gasteiger partial charge is 0.311 e. The molecule has 0 spiro atoms. The van der Waals surface area contributed by atoms with E-state index in [-0.39, 0.29) is 23.8 Å². The summed E-state index contributed by atoms with van der Waals surface area (Å²) in [6.45, 7) is 0.453. The number of aliphatic hydroxyl groups is 2. The molecule has 94 valence electrons. The quantitative estimate of drug-likeness (QED) is 0.510. The number of aromatic hydroxyl groups is 1. The number of nitrogens with zero attached hydrogens (tertiary/aromatic N) is 1. The summed E-state index contributed by atoms with van der Waals surface area (Å²) in [4.78, 5) is 9.99. The first-order chi connectivity index (χ1) is 7.85. The highest BCUT2D eigenvalue weighted by Gasteiger charge is 2.23. The monoisotopic (exact) mass is 243 g/mol. The minimum Gasteiger partial charge on any atom is -0.508 e. The molecule has 0 aliphatic rings. The second-order valence-electron chi connectivity index (χ2n) is 3.85. The third kappa shape index (κ3) is 3.58. The van der Waals surface area contributed by atoms with Crippen LogP contribution in [0.5, 0.6) is 11.5 Å². The number of nitro benzene ring substituents is 1. The van der Waals surface area contributed by atoms with Gasteiger partial charge in [-0.15, -0.1) is 0 Å². The van der Waals surface area contributed by atoms with Crippen LogP contribution in [0.1, 0.15) is 6.92 Å². The maximum Gasteiger partial charge on any atom is 0.311 e. The van der Waals surface area contributed by atoms with Gasteiger partial charge in [-0.3, -0.25) is 10.1 Å².